The molecule has 1 saturated heterocycles. The molecule has 1 aromatic rings. The van der Waals surface area contributed by atoms with Crippen molar-refractivity contribution in [2.75, 3.05) is 25.0 Å². The average molecular weight is 331 g/mol. The van der Waals surface area contributed by atoms with E-state index < -0.39 is 0 Å². The first-order chi connectivity index (χ1) is 11.6. The zero-order valence-corrected chi connectivity index (χ0v) is 14.5. The van der Waals surface area contributed by atoms with E-state index in [0.29, 0.717) is 6.04 Å². The third-order valence-electron chi connectivity index (χ3n) is 5.49. The molecular weight excluding hydrogens is 302 g/mol. The number of amides is 2. The standard InChI is InChI=1S/C19H29N3O2/c1-21(16-5-3-2-4-6-16)17-11-13-22(14-12-17)19(24)20-15-7-9-18(23)10-8-15/h2-6,15,17-18,23H,7-14H2,1H3,(H,20,24). The fourth-order valence-corrected chi connectivity index (χ4v) is 3.82. The molecule has 2 N–H and O–H groups in total. The van der Waals surface area contributed by atoms with E-state index in [1.54, 1.807) is 0 Å². The largest absolute Gasteiger partial charge is 0.393 e. The molecule has 0 radical (unpaired) electrons. The van der Waals surface area contributed by atoms with E-state index in [0.717, 1.165) is 51.6 Å². The van der Waals surface area contributed by atoms with Crippen LogP contribution in [-0.4, -0.2) is 54.4 Å². The number of rotatable bonds is 3. The SMILES string of the molecule is CN(c1ccccc1)C1CCN(C(=O)NC2CCC(O)CC2)CC1. The van der Waals surface area contributed by atoms with Crippen molar-refractivity contribution >= 4 is 11.7 Å². The molecular formula is C19H29N3O2. The van der Waals surface area contributed by atoms with Gasteiger partial charge < -0.3 is 20.2 Å². The summed E-state index contributed by atoms with van der Waals surface area (Å²) in [4.78, 5) is 16.7. The molecule has 0 unspecified atom stereocenters. The first kappa shape index (κ1) is 17.1. The van der Waals surface area contributed by atoms with E-state index in [-0.39, 0.29) is 18.2 Å². The summed E-state index contributed by atoms with van der Waals surface area (Å²) in [6.45, 7) is 1.62. The predicted molar refractivity (Wildman–Crippen MR) is 96.2 cm³/mol. The number of urea groups is 1. The van der Waals surface area contributed by atoms with Crippen LogP contribution in [0.15, 0.2) is 30.3 Å². The highest BCUT2D eigenvalue weighted by molar-refractivity contribution is 5.74. The van der Waals surface area contributed by atoms with Crippen LogP contribution in [0.4, 0.5) is 10.5 Å². The maximum Gasteiger partial charge on any atom is 0.317 e. The quantitative estimate of drug-likeness (QED) is 0.895. The van der Waals surface area contributed by atoms with E-state index in [1.807, 2.05) is 11.0 Å². The summed E-state index contributed by atoms with van der Waals surface area (Å²) in [5, 5.41) is 12.7. The van der Waals surface area contributed by atoms with Crippen molar-refractivity contribution in [2.45, 2.75) is 56.7 Å². The number of para-hydroxylation sites is 1. The van der Waals surface area contributed by atoms with E-state index in [2.05, 4.69) is 41.5 Å². The Hall–Kier alpha value is -1.75. The zero-order chi connectivity index (χ0) is 16.9. The minimum Gasteiger partial charge on any atom is -0.393 e. The summed E-state index contributed by atoms with van der Waals surface area (Å²) in [7, 11) is 2.14. The minimum atomic E-state index is -0.178. The van der Waals surface area contributed by atoms with Crippen LogP contribution in [0.5, 0.6) is 0 Å². The summed E-state index contributed by atoms with van der Waals surface area (Å²) >= 11 is 0. The summed E-state index contributed by atoms with van der Waals surface area (Å²) in [5.41, 5.74) is 1.24. The Morgan fingerprint density at radius 2 is 1.71 bits per heavy atom. The Labute approximate surface area is 144 Å². The number of hydrogen-bond donors (Lipinski definition) is 2. The van der Waals surface area contributed by atoms with Crippen LogP contribution in [0, 0.1) is 0 Å². The van der Waals surface area contributed by atoms with Gasteiger partial charge in [-0.25, -0.2) is 4.79 Å². The van der Waals surface area contributed by atoms with Crippen LogP contribution >= 0.6 is 0 Å². The normalized spacial score (nSPS) is 25.3. The van der Waals surface area contributed by atoms with Gasteiger partial charge in [0, 0.05) is 37.9 Å². The van der Waals surface area contributed by atoms with Gasteiger partial charge in [-0.3, -0.25) is 0 Å². The number of anilines is 1. The number of aliphatic hydroxyl groups excluding tert-OH is 1. The summed E-state index contributed by atoms with van der Waals surface area (Å²) in [5.74, 6) is 0. The second-order valence-electron chi connectivity index (χ2n) is 7.12. The lowest BCUT2D eigenvalue weighted by atomic mass is 9.93. The van der Waals surface area contributed by atoms with Crippen LogP contribution in [-0.2, 0) is 0 Å². The molecule has 1 aromatic carbocycles. The zero-order valence-electron chi connectivity index (χ0n) is 14.5. The molecule has 3 rings (SSSR count). The van der Waals surface area contributed by atoms with Gasteiger partial charge in [0.15, 0.2) is 0 Å². The fraction of sp³-hybridized carbons (Fsp3) is 0.632. The van der Waals surface area contributed by atoms with Crippen molar-refractivity contribution in [1.82, 2.24) is 10.2 Å². The Balaban J connectivity index is 1.45. The van der Waals surface area contributed by atoms with Gasteiger partial charge in [0.2, 0.25) is 0 Å². The van der Waals surface area contributed by atoms with E-state index in [9.17, 15) is 9.90 Å². The number of piperidine rings is 1. The number of nitrogens with one attached hydrogen (secondary N) is 1. The second kappa shape index (κ2) is 7.88. The lowest BCUT2D eigenvalue weighted by Crippen LogP contribution is -2.51. The van der Waals surface area contributed by atoms with Gasteiger partial charge in [-0.15, -0.1) is 0 Å². The smallest absolute Gasteiger partial charge is 0.317 e. The number of likely N-dealkylation sites (tertiary alicyclic amines) is 1. The molecule has 2 fully saturated rings. The fourth-order valence-electron chi connectivity index (χ4n) is 3.82. The average Bonchev–Trinajstić information content (AvgIpc) is 2.64. The summed E-state index contributed by atoms with van der Waals surface area (Å²) in [6.07, 6.45) is 5.21. The molecule has 1 heterocycles. The highest BCUT2D eigenvalue weighted by atomic mass is 16.3. The van der Waals surface area contributed by atoms with Gasteiger partial charge in [-0.1, -0.05) is 18.2 Å². The van der Waals surface area contributed by atoms with Crippen LogP contribution in [0.2, 0.25) is 0 Å². The van der Waals surface area contributed by atoms with Crippen molar-refractivity contribution < 1.29 is 9.90 Å². The van der Waals surface area contributed by atoms with Crippen molar-refractivity contribution in [3.63, 3.8) is 0 Å². The lowest BCUT2D eigenvalue weighted by Gasteiger charge is -2.38. The van der Waals surface area contributed by atoms with Crippen molar-refractivity contribution in [1.29, 1.82) is 0 Å². The lowest BCUT2D eigenvalue weighted by molar-refractivity contribution is 0.114. The molecule has 2 aliphatic rings. The molecule has 2 amide bonds. The molecule has 5 nitrogen and oxygen atoms in total. The van der Waals surface area contributed by atoms with E-state index in [4.69, 9.17) is 0 Å². The molecule has 0 atom stereocenters. The van der Waals surface area contributed by atoms with Gasteiger partial charge >= 0.3 is 6.03 Å². The van der Waals surface area contributed by atoms with Gasteiger partial charge in [0.05, 0.1) is 6.10 Å². The highest BCUT2D eigenvalue weighted by Crippen LogP contribution is 2.23. The van der Waals surface area contributed by atoms with Gasteiger partial charge in [0.1, 0.15) is 0 Å². The number of nitrogens with zero attached hydrogens (tertiary/aromatic N) is 2. The van der Waals surface area contributed by atoms with Gasteiger partial charge in [-0.05, 0) is 50.7 Å². The summed E-state index contributed by atoms with van der Waals surface area (Å²) in [6, 6.07) is 11.2. The number of carbonyl (C=O) groups is 1. The first-order valence-corrected chi connectivity index (χ1v) is 9.15. The second-order valence-corrected chi connectivity index (χ2v) is 7.12. The predicted octanol–water partition coefficient (Wildman–Crippen LogP) is 2.60. The molecule has 1 saturated carbocycles. The van der Waals surface area contributed by atoms with Crippen LogP contribution in [0.3, 0.4) is 0 Å². The van der Waals surface area contributed by atoms with Crippen LogP contribution in [0.1, 0.15) is 38.5 Å². The molecule has 0 aromatic heterocycles. The Bertz CT molecular complexity index is 521. The highest BCUT2D eigenvalue weighted by Gasteiger charge is 2.27. The third kappa shape index (κ3) is 4.20. The van der Waals surface area contributed by atoms with Crippen molar-refractivity contribution in [3.05, 3.63) is 30.3 Å². The number of benzene rings is 1. The maximum absolute atomic E-state index is 12.4. The topological polar surface area (TPSA) is 55.8 Å². The van der Waals surface area contributed by atoms with Gasteiger partial charge in [0.25, 0.3) is 0 Å². The van der Waals surface area contributed by atoms with E-state index >= 15 is 0 Å². The minimum absolute atomic E-state index is 0.0669. The van der Waals surface area contributed by atoms with Crippen molar-refractivity contribution in [3.8, 4) is 0 Å². The molecule has 0 spiro atoms. The maximum atomic E-state index is 12.4. The van der Waals surface area contributed by atoms with E-state index in [1.165, 1.54) is 5.69 Å². The number of aliphatic hydroxyl groups is 1. The molecule has 24 heavy (non-hydrogen) atoms. The molecule has 1 aliphatic carbocycles. The van der Waals surface area contributed by atoms with Crippen molar-refractivity contribution in [2.24, 2.45) is 0 Å². The molecule has 5 heteroatoms. The molecule has 0 bridgehead atoms. The van der Waals surface area contributed by atoms with Crippen LogP contribution < -0.4 is 10.2 Å². The molecule has 132 valence electrons. The monoisotopic (exact) mass is 331 g/mol. The Morgan fingerprint density at radius 1 is 1.08 bits per heavy atom. The van der Waals surface area contributed by atoms with Crippen LogP contribution in [0.25, 0.3) is 0 Å². The third-order valence-corrected chi connectivity index (χ3v) is 5.49. The Kier molecular flexibility index (Phi) is 5.61. The molecule has 1 aliphatic heterocycles. The Morgan fingerprint density at radius 3 is 2.33 bits per heavy atom. The first-order valence-electron chi connectivity index (χ1n) is 9.15. The van der Waals surface area contributed by atoms with Gasteiger partial charge in [-0.2, -0.15) is 0 Å². The summed E-state index contributed by atoms with van der Waals surface area (Å²) < 4.78 is 0. The number of carbonyl (C=O) groups excluding carboxylic acids is 1. The number of hydrogen-bond acceptors (Lipinski definition) is 3.